The summed E-state index contributed by atoms with van der Waals surface area (Å²) in [6.45, 7) is 2.40. The number of alkyl halides is 2. The molecule has 0 bridgehead atoms. The van der Waals surface area contributed by atoms with Crippen LogP contribution < -0.4 is 4.74 Å². The molecule has 1 heterocycles. The molecule has 0 N–H and O–H groups in total. The fourth-order valence-corrected chi connectivity index (χ4v) is 3.05. The van der Waals surface area contributed by atoms with Gasteiger partial charge in [0.2, 0.25) is 0 Å². The average Bonchev–Trinajstić information content (AvgIpc) is 2.94. The molecular weight excluding hydrogens is 248 g/mol. The number of rotatable bonds is 3. The number of halogens is 2. The number of methoxy groups -OCH3 is 1. The van der Waals surface area contributed by atoms with Crippen LogP contribution in [0, 0.1) is 5.41 Å². The number of ether oxygens (including phenoxy) is 1. The van der Waals surface area contributed by atoms with E-state index in [-0.39, 0.29) is 6.42 Å². The van der Waals surface area contributed by atoms with Crippen molar-refractivity contribution in [1.82, 2.24) is 4.90 Å². The van der Waals surface area contributed by atoms with Crippen LogP contribution in [0.25, 0.3) is 0 Å². The minimum Gasteiger partial charge on any atom is -0.497 e. The Bertz CT molecular complexity index is 450. The Labute approximate surface area is 112 Å². The fraction of sp³-hybridized carbons (Fsp3) is 0.600. The van der Waals surface area contributed by atoms with E-state index in [4.69, 9.17) is 4.74 Å². The Morgan fingerprint density at radius 3 is 2.21 bits per heavy atom. The maximum Gasteiger partial charge on any atom is 0.254 e. The summed E-state index contributed by atoms with van der Waals surface area (Å²) in [7, 11) is 1.65. The van der Waals surface area contributed by atoms with Gasteiger partial charge in [-0.1, -0.05) is 12.1 Å². The van der Waals surface area contributed by atoms with E-state index >= 15 is 0 Å². The van der Waals surface area contributed by atoms with Gasteiger partial charge < -0.3 is 4.74 Å². The number of nitrogens with zero attached hydrogens (tertiary/aromatic N) is 1. The van der Waals surface area contributed by atoms with Gasteiger partial charge in [-0.3, -0.25) is 4.90 Å². The molecule has 1 aromatic carbocycles. The van der Waals surface area contributed by atoms with Gasteiger partial charge in [-0.15, -0.1) is 0 Å². The number of likely N-dealkylation sites (tertiary alicyclic amines) is 1. The van der Waals surface area contributed by atoms with Crippen molar-refractivity contribution in [1.29, 1.82) is 0 Å². The van der Waals surface area contributed by atoms with Crippen LogP contribution in [0.4, 0.5) is 8.78 Å². The van der Waals surface area contributed by atoms with Gasteiger partial charge in [-0.2, -0.15) is 0 Å². The van der Waals surface area contributed by atoms with Crippen LogP contribution in [0.15, 0.2) is 24.3 Å². The molecule has 2 fully saturated rings. The van der Waals surface area contributed by atoms with E-state index in [1.165, 1.54) is 5.56 Å². The Balaban J connectivity index is 1.55. The number of benzene rings is 1. The molecule has 1 spiro atoms. The average molecular weight is 267 g/mol. The highest BCUT2D eigenvalue weighted by molar-refractivity contribution is 5.27. The molecule has 2 aliphatic rings. The fourth-order valence-electron chi connectivity index (χ4n) is 3.05. The van der Waals surface area contributed by atoms with E-state index in [0.29, 0.717) is 12.8 Å². The molecule has 1 saturated heterocycles. The second-order valence-electron chi connectivity index (χ2n) is 5.79. The SMILES string of the molecule is COc1ccc(CN2CCC3(CC2)CC3(F)F)cc1. The molecule has 19 heavy (non-hydrogen) atoms. The van der Waals surface area contributed by atoms with E-state index in [2.05, 4.69) is 4.90 Å². The van der Waals surface area contributed by atoms with Crippen molar-refractivity contribution in [3.05, 3.63) is 29.8 Å². The van der Waals surface area contributed by atoms with Gasteiger partial charge in [-0.05, 0) is 43.6 Å². The number of hydrogen-bond acceptors (Lipinski definition) is 2. The third kappa shape index (κ3) is 2.34. The third-order valence-corrected chi connectivity index (χ3v) is 4.59. The van der Waals surface area contributed by atoms with Crippen molar-refractivity contribution in [2.24, 2.45) is 5.41 Å². The maximum absolute atomic E-state index is 13.3. The Hall–Kier alpha value is -1.16. The summed E-state index contributed by atoms with van der Waals surface area (Å²) in [6, 6.07) is 7.95. The second-order valence-corrected chi connectivity index (χ2v) is 5.79. The van der Waals surface area contributed by atoms with Crippen LogP contribution in [0.1, 0.15) is 24.8 Å². The van der Waals surface area contributed by atoms with Gasteiger partial charge in [0.25, 0.3) is 5.92 Å². The normalized spacial score (nSPS) is 24.4. The molecule has 0 radical (unpaired) electrons. The molecule has 2 nitrogen and oxygen atoms in total. The highest BCUT2D eigenvalue weighted by Gasteiger charge is 2.70. The topological polar surface area (TPSA) is 12.5 Å². The second kappa shape index (κ2) is 4.44. The maximum atomic E-state index is 13.3. The van der Waals surface area contributed by atoms with Crippen LogP contribution in [0.2, 0.25) is 0 Å². The van der Waals surface area contributed by atoms with E-state index in [1.54, 1.807) is 7.11 Å². The molecule has 0 aromatic heterocycles. The first kappa shape index (κ1) is 12.9. The van der Waals surface area contributed by atoms with Crippen LogP contribution >= 0.6 is 0 Å². The molecule has 3 rings (SSSR count). The molecule has 1 aromatic rings. The first-order chi connectivity index (χ1) is 9.05. The summed E-state index contributed by atoms with van der Waals surface area (Å²) in [6.07, 6.45) is 1.38. The first-order valence-corrected chi connectivity index (χ1v) is 6.78. The van der Waals surface area contributed by atoms with Crippen LogP contribution in [0.3, 0.4) is 0 Å². The summed E-state index contributed by atoms with van der Waals surface area (Å²) >= 11 is 0. The van der Waals surface area contributed by atoms with Crippen LogP contribution in [-0.4, -0.2) is 31.0 Å². The Morgan fingerprint density at radius 2 is 1.74 bits per heavy atom. The highest BCUT2D eigenvalue weighted by Crippen LogP contribution is 2.65. The van der Waals surface area contributed by atoms with Crippen molar-refractivity contribution >= 4 is 0 Å². The van der Waals surface area contributed by atoms with Crippen molar-refractivity contribution in [3.63, 3.8) is 0 Å². The highest BCUT2D eigenvalue weighted by atomic mass is 19.3. The Kier molecular flexibility index (Phi) is 3.01. The van der Waals surface area contributed by atoms with Crippen molar-refractivity contribution in [2.75, 3.05) is 20.2 Å². The minimum atomic E-state index is -2.39. The van der Waals surface area contributed by atoms with E-state index < -0.39 is 11.3 Å². The summed E-state index contributed by atoms with van der Waals surface area (Å²) < 4.78 is 31.7. The zero-order valence-electron chi connectivity index (χ0n) is 11.2. The molecule has 0 atom stereocenters. The monoisotopic (exact) mass is 267 g/mol. The van der Waals surface area contributed by atoms with Crippen molar-refractivity contribution < 1.29 is 13.5 Å². The van der Waals surface area contributed by atoms with Gasteiger partial charge >= 0.3 is 0 Å². The minimum absolute atomic E-state index is 0.108. The largest absolute Gasteiger partial charge is 0.497 e. The summed E-state index contributed by atoms with van der Waals surface area (Å²) in [5.41, 5.74) is 0.558. The molecule has 1 saturated carbocycles. The smallest absolute Gasteiger partial charge is 0.254 e. The molecule has 0 unspecified atom stereocenters. The lowest BCUT2D eigenvalue weighted by Gasteiger charge is -2.32. The lowest BCUT2D eigenvalue weighted by Crippen LogP contribution is -2.36. The van der Waals surface area contributed by atoms with Gasteiger partial charge in [0.1, 0.15) is 5.75 Å². The standard InChI is InChI=1S/C15H19F2NO/c1-19-13-4-2-12(3-5-13)10-18-8-6-14(7-9-18)11-15(14,16)17/h2-5H,6-11H2,1H3. The van der Waals surface area contributed by atoms with Gasteiger partial charge in [0.15, 0.2) is 0 Å². The van der Waals surface area contributed by atoms with E-state index in [9.17, 15) is 8.78 Å². The predicted octanol–water partition coefficient (Wildman–Crippen LogP) is 3.32. The van der Waals surface area contributed by atoms with E-state index in [0.717, 1.165) is 25.4 Å². The summed E-state index contributed by atoms with van der Waals surface area (Å²) in [5, 5.41) is 0. The molecule has 1 aliphatic carbocycles. The molecular formula is C15H19F2NO. The zero-order chi connectivity index (χ0) is 13.5. The molecule has 104 valence electrons. The lowest BCUT2D eigenvalue weighted by atomic mass is 9.92. The first-order valence-electron chi connectivity index (χ1n) is 6.78. The third-order valence-electron chi connectivity index (χ3n) is 4.59. The van der Waals surface area contributed by atoms with Gasteiger partial charge in [0.05, 0.1) is 7.11 Å². The van der Waals surface area contributed by atoms with Crippen molar-refractivity contribution in [2.45, 2.75) is 31.7 Å². The van der Waals surface area contributed by atoms with Gasteiger partial charge in [-0.25, -0.2) is 8.78 Å². The lowest BCUT2D eigenvalue weighted by molar-refractivity contribution is 0.0300. The van der Waals surface area contributed by atoms with Crippen LogP contribution in [-0.2, 0) is 6.54 Å². The summed E-state index contributed by atoms with van der Waals surface area (Å²) in [4.78, 5) is 2.27. The van der Waals surface area contributed by atoms with Crippen LogP contribution in [0.5, 0.6) is 5.75 Å². The predicted molar refractivity (Wildman–Crippen MR) is 69.5 cm³/mol. The molecule has 4 heteroatoms. The van der Waals surface area contributed by atoms with E-state index in [1.807, 2.05) is 24.3 Å². The Morgan fingerprint density at radius 1 is 1.16 bits per heavy atom. The quantitative estimate of drug-likeness (QED) is 0.833. The molecule has 0 amide bonds. The zero-order valence-corrected chi connectivity index (χ0v) is 11.2. The van der Waals surface area contributed by atoms with Crippen molar-refractivity contribution in [3.8, 4) is 5.75 Å². The van der Waals surface area contributed by atoms with Gasteiger partial charge in [0, 0.05) is 18.4 Å². The number of piperidine rings is 1. The molecule has 1 aliphatic heterocycles. The summed E-state index contributed by atoms with van der Waals surface area (Å²) in [5.74, 6) is -1.54. The number of hydrogen-bond donors (Lipinski definition) is 0.